The number of methoxy groups -OCH3 is 1. The predicted molar refractivity (Wildman–Crippen MR) is 115 cm³/mol. The van der Waals surface area contributed by atoms with Crippen LogP contribution in [-0.4, -0.2) is 26.9 Å². The molecule has 0 aliphatic carbocycles. The maximum atomic E-state index is 13.0. The summed E-state index contributed by atoms with van der Waals surface area (Å²) in [6.07, 6.45) is 1.69. The molecule has 7 nitrogen and oxygen atoms in total. The molecule has 156 valence electrons. The number of nitrogens with zero attached hydrogens (tertiary/aromatic N) is 2. The van der Waals surface area contributed by atoms with E-state index < -0.39 is 11.8 Å². The molecular weight excluding hydrogens is 440 g/mol. The number of carbonyl (C=O) groups excluding carboxylic acids is 1. The normalized spacial score (nSPS) is 18.6. The van der Waals surface area contributed by atoms with Crippen LogP contribution in [0.1, 0.15) is 16.9 Å². The van der Waals surface area contributed by atoms with Crippen molar-refractivity contribution in [3.8, 4) is 5.75 Å². The lowest BCUT2D eigenvalue weighted by Crippen LogP contribution is -2.29. The fourth-order valence-corrected chi connectivity index (χ4v) is 4.45. The van der Waals surface area contributed by atoms with Crippen molar-refractivity contribution in [3.05, 3.63) is 82.3 Å². The van der Waals surface area contributed by atoms with Gasteiger partial charge in [0, 0.05) is 17.6 Å². The van der Waals surface area contributed by atoms with Crippen LogP contribution in [0.15, 0.2) is 64.8 Å². The summed E-state index contributed by atoms with van der Waals surface area (Å²) in [6, 6.07) is 13.5. The number of halogens is 1. The summed E-state index contributed by atoms with van der Waals surface area (Å²) in [5, 5.41) is 11.9. The fourth-order valence-electron chi connectivity index (χ4n) is 3.68. The predicted octanol–water partition coefficient (Wildman–Crippen LogP) is 4.34. The smallest absolute Gasteiger partial charge is 0.342 e. The zero-order valence-corrected chi connectivity index (χ0v) is 17.7. The van der Waals surface area contributed by atoms with Crippen molar-refractivity contribution in [3.63, 3.8) is 0 Å². The van der Waals surface area contributed by atoms with Gasteiger partial charge in [0.15, 0.2) is 0 Å². The summed E-state index contributed by atoms with van der Waals surface area (Å²) >= 11 is 7.37. The van der Waals surface area contributed by atoms with Crippen LogP contribution >= 0.6 is 23.3 Å². The van der Waals surface area contributed by atoms with E-state index in [1.807, 2.05) is 0 Å². The lowest BCUT2D eigenvalue weighted by molar-refractivity contribution is -0.185. The third-order valence-electron chi connectivity index (χ3n) is 5.17. The third kappa shape index (κ3) is 3.29. The van der Waals surface area contributed by atoms with E-state index in [1.165, 1.54) is 19.4 Å². The first-order chi connectivity index (χ1) is 15.0. The van der Waals surface area contributed by atoms with Crippen molar-refractivity contribution >= 4 is 45.9 Å². The molecule has 3 heterocycles. The van der Waals surface area contributed by atoms with Crippen LogP contribution in [0.2, 0.25) is 5.02 Å². The van der Waals surface area contributed by atoms with Gasteiger partial charge in [0.1, 0.15) is 22.5 Å². The summed E-state index contributed by atoms with van der Waals surface area (Å²) < 4.78 is 24.7. The minimum absolute atomic E-state index is 0.154. The number of aliphatic hydroxyl groups is 1. The number of carbonyl (C=O) groups is 1. The van der Waals surface area contributed by atoms with Gasteiger partial charge in [0.2, 0.25) is 0 Å². The number of furan rings is 1. The maximum Gasteiger partial charge on any atom is 0.342 e. The Labute approximate surface area is 185 Å². The Hall–Kier alpha value is -3.20. The molecule has 0 radical (unpaired) electrons. The highest BCUT2D eigenvalue weighted by atomic mass is 35.5. The number of esters is 1. The Balaban J connectivity index is 1.71. The minimum atomic E-state index is -2.02. The Morgan fingerprint density at radius 2 is 2.00 bits per heavy atom. The van der Waals surface area contributed by atoms with E-state index in [2.05, 4.69) is 8.75 Å². The van der Waals surface area contributed by atoms with Crippen molar-refractivity contribution < 1.29 is 23.8 Å². The van der Waals surface area contributed by atoms with Gasteiger partial charge in [-0.25, -0.2) is 4.79 Å². The maximum absolute atomic E-state index is 13.0. The molecule has 4 aromatic rings. The van der Waals surface area contributed by atoms with Gasteiger partial charge in [-0.3, -0.25) is 0 Å². The second kappa shape index (κ2) is 7.49. The number of benzene rings is 2. The number of cyclic esters (lactones) is 1. The number of fused-ring (bicyclic) bond motifs is 1. The molecule has 0 saturated carbocycles. The quantitative estimate of drug-likeness (QED) is 0.448. The molecular formula is C22H15ClN2O5S. The average Bonchev–Trinajstić information content (AvgIpc) is 3.48. The molecule has 0 fully saturated rings. The molecule has 1 N–H and O–H groups in total. The lowest BCUT2D eigenvalue weighted by Gasteiger charge is -2.25. The number of hydrogen-bond donors (Lipinski definition) is 1. The Kier molecular flexibility index (Phi) is 4.77. The molecule has 0 bridgehead atoms. The van der Waals surface area contributed by atoms with Crippen LogP contribution in [0.3, 0.4) is 0 Å². The molecule has 31 heavy (non-hydrogen) atoms. The largest absolute Gasteiger partial charge is 0.495 e. The molecule has 0 saturated heterocycles. The molecule has 0 amide bonds. The number of rotatable bonds is 5. The van der Waals surface area contributed by atoms with Crippen LogP contribution in [0.25, 0.3) is 16.6 Å². The average molecular weight is 455 g/mol. The second-order valence-corrected chi connectivity index (χ2v) is 7.90. The molecule has 9 heteroatoms. The zero-order valence-electron chi connectivity index (χ0n) is 16.2. The highest BCUT2D eigenvalue weighted by Crippen LogP contribution is 2.46. The van der Waals surface area contributed by atoms with Crippen LogP contribution < -0.4 is 4.74 Å². The zero-order chi connectivity index (χ0) is 21.6. The van der Waals surface area contributed by atoms with E-state index in [9.17, 15) is 9.90 Å². The van der Waals surface area contributed by atoms with Gasteiger partial charge in [-0.05, 0) is 48.0 Å². The first-order valence-electron chi connectivity index (χ1n) is 9.28. The number of hydrogen-bond acceptors (Lipinski definition) is 8. The monoisotopic (exact) mass is 454 g/mol. The first-order valence-corrected chi connectivity index (χ1v) is 10.4. The van der Waals surface area contributed by atoms with Gasteiger partial charge >= 0.3 is 5.97 Å². The standard InChI is InChI=1S/C22H15ClN2O5S/c1-28-19-7-5-13(10-16(19)23)22(27)15(11-14-3-2-8-29-14)20(21(26)30-22)12-4-6-17-18(9-12)25-31-24-17/h2-10,27H,11H2,1H3. The van der Waals surface area contributed by atoms with Crippen LogP contribution in [0.5, 0.6) is 5.75 Å². The van der Waals surface area contributed by atoms with Crippen molar-refractivity contribution in [2.24, 2.45) is 0 Å². The van der Waals surface area contributed by atoms with E-state index in [1.54, 1.807) is 42.5 Å². The SMILES string of the molecule is COc1ccc(C2(O)OC(=O)C(c3ccc4nsnc4c3)=C2Cc2ccco2)cc1Cl. The molecule has 5 rings (SSSR count). The van der Waals surface area contributed by atoms with Gasteiger partial charge in [0.05, 0.1) is 35.7 Å². The summed E-state index contributed by atoms with van der Waals surface area (Å²) in [6.45, 7) is 0. The van der Waals surface area contributed by atoms with Crippen molar-refractivity contribution in [1.82, 2.24) is 8.75 Å². The topological polar surface area (TPSA) is 94.7 Å². The third-order valence-corrected chi connectivity index (χ3v) is 6.02. The van der Waals surface area contributed by atoms with Crippen molar-refractivity contribution in [2.45, 2.75) is 12.2 Å². The van der Waals surface area contributed by atoms with E-state index in [-0.39, 0.29) is 17.0 Å². The fraction of sp³-hybridized carbons (Fsp3) is 0.136. The highest BCUT2D eigenvalue weighted by Gasteiger charge is 2.48. The van der Waals surface area contributed by atoms with Gasteiger partial charge in [-0.1, -0.05) is 17.7 Å². The molecule has 0 spiro atoms. The minimum Gasteiger partial charge on any atom is -0.495 e. The van der Waals surface area contributed by atoms with Crippen LogP contribution in [0, 0.1) is 0 Å². The van der Waals surface area contributed by atoms with E-state index in [4.69, 9.17) is 25.5 Å². The molecule has 2 aromatic heterocycles. The first kappa shape index (κ1) is 19.7. The highest BCUT2D eigenvalue weighted by molar-refractivity contribution is 7.00. The molecule has 1 atom stereocenters. The van der Waals surface area contributed by atoms with E-state index >= 15 is 0 Å². The van der Waals surface area contributed by atoms with E-state index in [0.717, 1.165) is 17.2 Å². The van der Waals surface area contributed by atoms with Gasteiger partial charge < -0.3 is 19.0 Å². The summed E-state index contributed by atoms with van der Waals surface area (Å²) in [5.41, 5.74) is 2.85. The second-order valence-electron chi connectivity index (χ2n) is 6.96. The molecule has 1 unspecified atom stereocenters. The lowest BCUT2D eigenvalue weighted by atomic mass is 9.89. The summed E-state index contributed by atoms with van der Waals surface area (Å²) in [5.74, 6) is -1.67. The van der Waals surface area contributed by atoms with Gasteiger partial charge in [-0.15, -0.1) is 0 Å². The Morgan fingerprint density at radius 1 is 1.16 bits per heavy atom. The van der Waals surface area contributed by atoms with Crippen molar-refractivity contribution in [1.29, 1.82) is 0 Å². The van der Waals surface area contributed by atoms with Gasteiger partial charge in [-0.2, -0.15) is 8.75 Å². The molecule has 1 aliphatic heterocycles. The molecule has 2 aromatic carbocycles. The summed E-state index contributed by atoms with van der Waals surface area (Å²) in [7, 11) is 1.50. The number of ether oxygens (including phenoxy) is 2. The molecule has 1 aliphatic rings. The van der Waals surface area contributed by atoms with Crippen LogP contribution in [-0.2, 0) is 21.7 Å². The van der Waals surface area contributed by atoms with Gasteiger partial charge in [0.25, 0.3) is 5.79 Å². The Morgan fingerprint density at radius 3 is 2.74 bits per heavy atom. The van der Waals surface area contributed by atoms with Crippen LogP contribution in [0.4, 0.5) is 0 Å². The summed E-state index contributed by atoms with van der Waals surface area (Å²) in [4.78, 5) is 13.0. The van der Waals surface area contributed by atoms with E-state index in [0.29, 0.717) is 33.7 Å². The number of aromatic nitrogens is 2. The Bertz CT molecular complexity index is 1330. The van der Waals surface area contributed by atoms with Crippen molar-refractivity contribution in [2.75, 3.05) is 7.11 Å².